The first-order valence-corrected chi connectivity index (χ1v) is 6.56. The van der Waals surface area contributed by atoms with Gasteiger partial charge >= 0.3 is 0 Å². The predicted octanol–water partition coefficient (Wildman–Crippen LogP) is 3.89. The fraction of sp³-hybridized carbons (Fsp3) is 0.538. The van der Waals surface area contributed by atoms with Crippen molar-refractivity contribution in [2.75, 3.05) is 0 Å². The third-order valence-corrected chi connectivity index (χ3v) is 3.51. The maximum atomic E-state index is 13.2. The van der Waals surface area contributed by atoms with Crippen molar-refractivity contribution in [3.05, 3.63) is 34.1 Å². The molecule has 1 rings (SSSR count). The van der Waals surface area contributed by atoms with Crippen molar-refractivity contribution >= 4 is 15.9 Å². The number of benzene rings is 1. The van der Waals surface area contributed by atoms with E-state index in [1.807, 2.05) is 6.07 Å². The van der Waals surface area contributed by atoms with Crippen LogP contribution in [-0.2, 0) is 6.42 Å². The third-order valence-electron chi connectivity index (χ3n) is 3.05. The van der Waals surface area contributed by atoms with E-state index < -0.39 is 0 Å². The molecular weight excluding hydrogens is 269 g/mol. The molecule has 0 aromatic heterocycles. The van der Waals surface area contributed by atoms with E-state index in [4.69, 9.17) is 5.73 Å². The molecule has 0 aliphatic rings. The van der Waals surface area contributed by atoms with Crippen molar-refractivity contribution in [2.45, 2.75) is 39.2 Å². The molecule has 0 aliphatic heterocycles. The molecule has 1 nitrogen and oxygen atoms in total. The molecule has 1 atom stereocenters. The molecule has 0 aliphatic carbocycles. The summed E-state index contributed by atoms with van der Waals surface area (Å²) in [5.41, 5.74) is 7.10. The van der Waals surface area contributed by atoms with Gasteiger partial charge in [0.1, 0.15) is 5.82 Å². The van der Waals surface area contributed by atoms with Gasteiger partial charge in [-0.15, -0.1) is 0 Å². The molecule has 0 saturated carbocycles. The van der Waals surface area contributed by atoms with Gasteiger partial charge in [0.15, 0.2) is 0 Å². The lowest BCUT2D eigenvalue weighted by Gasteiger charge is -2.21. The van der Waals surface area contributed by atoms with Crippen LogP contribution in [0.3, 0.4) is 0 Å². The first kappa shape index (κ1) is 13.7. The minimum Gasteiger partial charge on any atom is -0.327 e. The third kappa shape index (κ3) is 3.87. The summed E-state index contributed by atoms with van der Waals surface area (Å²) >= 11 is 3.29. The van der Waals surface area contributed by atoms with Gasteiger partial charge in [-0.3, -0.25) is 0 Å². The largest absolute Gasteiger partial charge is 0.327 e. The Morgan fingerprint density at radius 3 is 2.38 bits per heavy atom. The van der Waals surface area contributed by atoms with Gasteiger partial charge in [-0.25, -0.2) is 4.39 Å². The monoisotopic (exact) mass is 287 g/mol. The van der Waals surface area contributed by atoms with Crippen LogP contribution >= 0.6 is 15.9 Å². The van der Waals surface area contributed by atoms with Gasteiger partial charge in [-0.1, -0.05) is 42.6 Å². The smallest absolute Gasteiger partial charge is 0.124 e. The van der Waals surface area contributed by atoms with Crippen LogP contribution in [0.25, 0.3) is 0 Å². The Morgan fingerprint density at radius 1 is 1.25 bits per heavy atom. The topological polar surface area (TPSA) is 26.0 Å². The van der Waals surface area contributed by atoms with Crippen molar-refractivity contribution in [1.82, 2.24) is 0 Å². The molecule has 0 bridgehead atoms. The highest BCUT2D eigenvalue weighted by Crippen LogP contribution is 2.19. The predicted molar refractivity (Wildman–Crippen MR) is 69.9 cm³/mol. The second kappa shape index (κ2) is 6.36. The fourth-order valence-corrected chi connectivity index (χ4v) is 2.57. The molecule has 1 aromatic carbocycles. The van der Waals surface area contributed by atoms with Gasteiger partial charge in [0.2, 0.25) is 0 Å². The summed E-state index contributed by atoms with van der Waals surface area (Å²) in [6.45, 7) is 4.30. The van der Waals surface area contributed by atoms with E-state index in [1.165, 1.54) is 6.07 Å². The van der Waals surface area contributed by atoms with Gasteiger partial charge in [-0.05, 0) is 36.1 Å². The second-order valence-corrected chi connectivity index (χ2v) is 5.14. The highest BCUT2D eigenvalue weighted by molar-refractivity contribution is 9.10. The maximum Gasteiger partial charge on any atom is 0.124 e. The molecule has 0 fully saturated rings. The number of hydrogen-bond donors (Lipinski definition) is 1. The first-order chi connectivity index (χ1) is 7.56. The SMILES string of the molecule is CCC(CC)C(N)Cc1cc(F)cc(Br)c1. The van der Waals surface area contributed by atoms with Crippen molar-refractivity contribution in [1.29, 1.82) is 0 Å². The summed E-state index contributed by atoms with van der Waals surface area (Å²) in [7, 11) is 0. The molecule has 2 N–H and O–H groups in total. The molecule has 3 heteroatoms. The quantitative estimate of drug-likeness (QED) is 0.874. The van der Waals surface area contributed by atoms with Gasteiger partial charge in [0.25, 0.3) is 0 Å². The van der Waals surface area contributed by atoms with Gasteiger partial charge in [0, 0.05) is 10.5 Å². The Bertz CT molecular complexity index is 316. The van der Waals surface area contributed by atoms with Crippen molar-refractivity contribution in [3.8, 4) is 0 Å². The highest BCUT2D eigenvalue weighted by Gasteiger charge is 2.14. The minimum atomic E-state index is -0.207. The Kier molecular flexibility index (Phi) is 5.42. The lowest BCUT2D eigenvalue weighted by molar-refractivity contribution is 0.393. The Hall–Kier alpha value is -0.410. The zero-order valence-electron chi connectivity index (χ0n) is 9.84. The van der Waals surface area contributed by atoms with E-state index in [0.717, 1.165) is 29.3 Å². The molecular formula is C13H19BrFN. The van der Waals surface area contributed by atoms with Crippen LogP contribution in [0, 0.1) is 11.7 Å². The normalized spacial score (nSPS) is 13.1. The average Bonchev–Trinajstić information content (AvgIpc) is 2.17. The zero-order chi connectivity index (χ0) is 12.1. The lowest BCUT2D eigenvalue weighted by Crippen LogP contribution is -2.31. The molecule has 0 spiro atoms. The molecule has 16 heavy (non-hydrogen) atoms. The average molecular weight is 288 g/mol. The van der Waals surface area contributed by atoms with E-state index in [2.05, 4.69) is 29.8 Å². The summed E-state index contributed by atoms with van der Waals surface area (Å²) in [6, 6.07) is 5.08. The molecule has 1 unspecified atom stereocenters. The molecule has 0 amide bonds. The number of halogens is 2. The van der Waals surface area contributed by atoms with Crippen LogP contribution in [0.15, 0.2) is 22.7 Å². The Morgan fingerprint density at radius 2 is 1.88 bits per heavy atom. The van der Waals surface area contributed by atoms with E-state index in [9.17, 15) is 4.39 Å². The van der Waals surface area contributed by atoms with Gasteiger partial charge in [-0.2, -0.15) is 0 Å². The van der Waals surface area contributed by atoms with Gasteiger partial charge in [0.05, 0.1) is 0 Å². The van der Waals surface area contributed by atoms with Crippen molar-refractivity contribution < 1.29 is 4.39 Å². The molecule has 1 aromatic rings. The first-order valence-electron chi connectivity index (χ1n) is 5.77. The molecule has 0 saturated heterocycles. The summed E-state index contributed by atoms with van der Waals surface area (Å²) in [4.78, 5) is 0. The number of hydrogen-bond acceptors (Lipinski definition) is 1. The van der Waals surface area contributed by atoms with E-state index in [1.54, 1.807) is 6.07 Å². The summed E-state index contributed by atoms with van der Waals surface area (Å²) in [5, 5.41) is 0. The molecule has 90 valence electrons. The number of nitrogens with two attached hydrogens (primary N) is 1. The van der Waals surface area contributed by atoms with Crippen LogP contribution in [0.2, 0.25) is 0 Å². The van der Waals surface area contributed by atoms with Crippen LogP contribution in [0.1, 0.15) is 32.3 Å². The van der Waals surface area contributed by atoms with Crippen LogP contribution in [0.4, 0.5) is 4.39 Å². The summed E-state index contributed by atoms with van der Waals surface area (Å²) in [6.07, 6.45) is 2.89. The van der Waals surface area contributed by atoms with E-state index >= 15 is 0 Å². The summed E-state index contributed by atoms with van der Waals surface area (Å²) in [5.74, 6) is 0.308. The standard InChI is InChI=1S/C13H19BrFN/c1-3-10(4-2)13(16)7-9-5-11(14)8-12(15)6-9/h5-6,8,10,13H,3-4,7,16H2,1-2H3. The Labute approximate surface area is 105 Å². The maximum absolute atomic E-state index is 13.2. The second-order valence-electron chi connectivity index (χ2n) is 4.22. The molecule has 0 radical (unpaired) electrons. The fourth-order valence-electron chi connectivity index (χ4n) is 2.06. The number of rotatable bonds is 5. The van der Waals surface area contributed by atoms with Crippen molar-refractivity contribution in [2.24, 2.45) is 11.7 Å². The van der Waals surface area contributed by atoms with Crippen LogP contribution in [0.5, 0.6) is 0 Å². The van der Waals surface area contributed by atoms with E-state index in [-0.39, 0.29) is 11.9 Å². The zero-order valence-corrected chi connectivity index (χ0v) is 11.4. The highest BCUT2D eigenvalue weighted by atomic mass is 79.9. The van der Waals surface area contributed by atoms with Crippen LogP contribution < -0.4 is 5.73 Å². The summed E-state index contributed by atoms with van der Waals surface area (Å²) < 4.78 is 13.9. The lowest BCUT2D eigenvalue weighted by atomic mass is 9.90. The molecule has 0 heterocycles. The van der Waals surface area contributed by atoms with E-state index in [0.29, 0.717) is 5.92 Å². The van der Waals surface area contributed by atoms with Crippen LogP contribution in [-0.4, -0.2) is 6.04 Å². The minimum absolute atomic E-state index is 0.115. The Balaban J connectivity index is 2.72. The van der Waals surface area contributed by atoms with Gasteiger partial charge < -0.3 is 5.73 Å². The van der Waals surface area contributed by atoms with Crippen molar-refractivity contribution in [3.63, 3.8) is 0 Å².